The van der Waals surface area contributed by atoms with E-state index >= 15 is 0 Å². The van der Waals surface area contributed by atoms with E-state index in [9.17, 15) is 4.39 Å². The second-order valence-corrected chi connectivity index (χ2v) is 5.08. The van der Waals surface area contributed by atoms with Gasteiger partial charge < -0.3 is 14.8 Å². The average molecular weight is 267 g/mol. The third kappa shape index (κ3) is 4.48. The van der Waals surface area contributed by atoms with Gasteiger partial charge in [0.15, 0.2) is 0 Å². The summed E-state index contributed by atoms with van der Waals surface area (Å²) in [5.74, 6) is 1.09. The highest BCUT2D eigenvalue weighted by molar-refractivity contribution is 5.30. The van der Waals surface area contributed by atoms with Gasteiger partial charge in [0.25, 0.3) is 0 Å². The quantitative estimate of drug-likeness (QED) is 0.735. The van der Waals surface area contributed by atoms with Crippen LogP contribution in [0.5, 0.6) is 5.75 Å². The molecule has 0 amide bonds. The van der Waals surface area contributed by atoms with E-state index in [-0.39, 0.29) is 11.9 Å². The standard InChI is InChI=1S/C15H22FNO2/c1-11(17-7-8-19-10-12-3-4-12)14-6-5-13(18-2)9-15(14)16/h5-6,9,11-12,17H,3-4,7-8,10H2,1-2H3. The molecule has 1 N–H and O–H groups in total. The molecule has 4 heteroatoms. The number of methoxy groups -OCH3 is 1. The van der Waals surface area contributed by atoms with Gasteiger partial charge in [-0.05, 0) is 31.7 Å². The molecule has 1 fully saturated rings. The fourth-order valence-corrected chi connectivity index (χ4v) is 1.98. The number of halogens is 1. The molecule has 1 aliphatic rings. The van der Waals surface area contributed by atoms with Crippen molar-refractivity contribution in [3.63, 3.8) is 0 Å². The van der Waals surface area contributed by atoms with Crippen molar-refractivity contribution in [3.05, 3.63) is 29.6 Å². The first kappa shape index (κ1) is 14.3. The summed E-state index contributed by atoms with van der Waals surface area (Å²) in [6.45, 7) is 4.23. The van der Waals surface area contributed by atoms with E-state index < -0.39 is 0 Å². The Balaban J connectivity index is 1.73. The van der Waals surface area contributed by atoms with Crippen LogP contribution in [0.3, 0.4) is 0 Å². The topological polar surface area (TPSA) is 30.5 Å². The van der Waals surface area contributed by atoms with Crippen LogP contribution in [-0.4, -0.2) is 26.9 Å². The van der Waals surface area contributed by atoms with Crippen molar-refractivity contribution in [2.45, 2.75) is 25.8 Å². The monoisotopic (exact) mass is 267 g/mol. The molecule has 1 aromatic carbocycles. The second kappa shape index (κ2) is 6.87. The zero-order valence-corrected chi connectivity index (χ0v) is 11.6. The molecular formula is C15H22FNO2. The zero-order chi connectivity index (χ0) is 13.7. The van der Waals surface area contributed by atoms with Gasteiger partial charge in [0.05, 0.1) is 13.7 Å². The van der Waals surface area contributed by atoms with Crippen LogP contribution in [0.25, 0.3) is 0 Å². The zero-order valence-electron chi connectivity index (χ0n) is 11.6. The molecule has 19 heavy (non-hydrogen) atoms. The Labute approximate surface area is 114 Å². The molecule has 1 unspecified atom stereocenters. The predicted molar refractivity (Wildman–Crippen MR) is 72.9 cm³/mol. The molecule has 1 atom stereocenters. The summed E-state index contributed by atoms with van der Waals surface area (Å²) < 4.78 is 24.4. The van der Waals surface area contributed by atoms with Crippen LogP contribution in [-0.2, 0) is 4.74 Å². The lowest BCUT2D eigenvalue weighted by Gasteiger charge is -2.15. The summed E-state index contributed by atoms with van der Waals surface area (Å²) in [5.41, 5.74) is 0.656. The highest BCUT2D eigenvalue weighted by Gasteiger charge is 2.20. The smallest absolute Gasteiger partial charge is 0.131 e. The Morgan fingerprint density at radius 2 is 2.21 bits per heavy atom. The Bertz CT molecular complexity index is 407. The van der Waals surface area contributed by atoms with Crippen LogP contribution in [0.15, 0.2) is 18.2 Å². The average Bonchev–Trinajstić information content (AvgIpc) is 3.22. The minimum Gasteiger partial charge on any atom is -0.497 e. The van der Waals surface area contributed by atoms with Gasteiger partial charge in [0.2, 0.25) is 0 Å². The molecule has 0 aliphatic heterocycles. The molecule has 0 spiro atoms. The fraction of sp³-hybridized carbons (Fsp3) is 0.600. The molecule has 1 saturated carbocycles. The van der Waals surface area contributed by atoms with Gasteiger partial charge in [-0.15, -0.1) is 0 Å². The number of hydrogen-bond donors (Lipinski definition) is 1. The van der Waals surface area contributed by atoms with E-state index in [1.165, 1.54) is 26.0 Å². The molecule has 0 heterocycles. The molecule has 2 rings (SSSR count). The van der Waals surface area contributed by atoms with Gasteiger partial charge in [-0.2, -0.15) is 0 Å². The van der Waals surface area contributed by atoms with Gasteiger partial charge >= 0.3 is 0 Å². The van der Waals surface area contributed by atoms with Crippen molar-refractivity contribution in [1.82, 2.24) is 5.32 Å². The Morgan fingerprint density at radius 1 is 1.42 bits per heavy atom. The van der Waals surface area contributed by atoms with Crippen molar-refractivity contribution in [2.24, 2.45) is 5.92 Å². The van der Waals surface area contributed by atoms with Gasteiger partial charge in [-0.25, -0.2) is 4.39 Å². The van der Waals surface area contributed by atoms with E-state index in [2.05, 4.69) is 5.32 Å². The molecule has 1 aliphatic carbocycles. The van der Waals surface area contributed by atoms with Crippen LogP contribution >= 0.6 is 0 Å². The highest BCUT2D eigenvalue weighted by Crippen LogP contribution is 2.28. The lowest BCUT2D eigenvalue weighted by Crippen LogP contribution is -2.24. The molecule has 0 radical (unpaired) electrons. The summed E-state index contributed by atoms with van der Waals surface area (Å²) in [6, 6.07) is 4.92. The van der Waals surface area contributed by atoms with Crippen molar-refractivity contribution >= 4 is 0 Å². The molecular weight excluding hydrogens is 245 g/mol. The van der Waals surface area contributed by atoms with Crippen LogP contribution < -0.4 is 10.1 Å². The van der Waals surface area contributed by atoms with E-state index in [0.717, 1.165) is 19.1 Å². The Hall–Kier alpha value is -1.13. The maximum Gasteiger partial charge on any atom is 0.131 e. The third-order valence-electron chi connectivity index (χ3n) is 3.42. The molecule has 106 valence electrons. The summed E-state index contributed by atoms with van der Waals surface area (Å²) >= 11 is 0. The van der Waals surface area contributed by atoms with Crippen molar-refractivity contribution in [2.75, 3.05) is 26.9 Å². The van der Waals surface area contributed by atoms with Gasteiger partial charge in [0.1, 0.15) is 11.6 Å². The van der Waals surface area contributed by atoms with Crippen LogP contribution in [0.2, 0.25) is 0 Å². The third-order valence-corrected chi connectivity index (χ3v) is 3.42. The van der Waals surface area contributed by atoms with Gasteiger partial charge in [0, 0.05) is 30.8 Å². The molecule has 3 nitrogen and oxygen atoms in total. The number of hydrogen-bond acceptors (Lipinski definition) is 3. The van der Waals surface area contributed by atoms with Crippen LogP contribution in [0, 0.1) is 11.7 Å². The first-order valence-electron chi connectivity index (χ1n) is 6.85. The Morgan fingerprint density at radius 3 is 2.84 bits per heavy atom. The van der Waals surface area contributed by atoms with Gasteiger partial charge in [-0.3, -0.25) is 0 Å². The predicted octanol–water partition coefficient (Wildman–Crippen LogP) is 2.91. The van der Waals surface area contributed by atoms with E-state index in [4.69, 9.17) is 9.47 Å². The summed E-state index contributed by atoms with van der Waals surface area (Å²) in [4.78, 5) is 0. The minimum absolute atomic E-state index is 0.0320. The normalized spacial score (nSPS) is 16.4. The summed E-state index contributed by atoms with van der Waals surface area (Å²) in [7, 11) is 1.54. The SMILES string of the molecule is COc1ccc(C(C)NCCOCC2CC2)c(F)c1. The molecule has 0 aromatic heterocycles. The first-order valence-corrected chi connectivity index (χ1v) is 6.85. The van der Waals surface area contributed by atoms with Crippen molar-refractivity contribution in [1.29, 1.82) is 0 Å². The van der Waals surface area contributed by atoms with E-state index in [1.54, 1.807) is 12.1 Å². The minimum atomic E-state index is -0.238. The van der Waals surface area contributed by atoms with Crippen molar-refractivity contribution in [3.8, 4) is 5.75 Å². The lowest BCUT2D eigenvalue weighted by molar-refractivity contribution is 0.124. The number of benzene rings is 1. The summed E-state index contributed by atoms with van der Waals surface area (Å²) in [6.07, 6.45) is 2.61. The second-order valence-electron chi connectivity index (χ2n) is 5.08. The number of ether oxygens (including phenoxy) is 2. The number of nitrogens with one attached hydrogen (secondary N) is 1. The van der Waals surface area contributed by atoms with Gasteiger partial charge in [-0.1, -0.05) is 6.07 Å². The maximum atomic E-state index is 13.8. The highest BCUT2D eigenvalue weighted by atomic mass is 19.1. The fourth-order valence-electron chi connectivity index (χ4n) is 1.98. The largest absolute Gasteiger partial charge is 0.497 e. The van der Waals surface area contributed by atoms with Crippen LogP contribution in [0.1, 0.15) is 31.4 Å². The van der Waals surface area contributed by atoms with Crippen LogP contribution in [0.4, 0.5) is 4.39 Å². The summed E-state index contributed by atoms with van der Waals surface area (Å²) in [5, 5.41) is 3.27. The first-order chi connectivity index (χ1) is 9.20. The lowest BCUT2D eigenvalue weighted by atomic mass is 10.1. The Kier molecular flexibility index (Phi) is 5.16. The van der Waals surface area contributed by atoms with E-state index in [0.29, 0.717) is 17.9 Å². The number of rotatable bonds is 8. The van der Waals surface area contributed by atoms with E-state index in [1.807, 2.05) is 6.92 Å². The van der Waals surface area contributed by atoms with Crippen molar-refractivity contribution < 1.29 is 13.9 Å². The molecule has 0 saturated heterocycles. The molecule has 1 aromatic rings. The molecule has 0 bridgehead atoms. The maximum absolute atomic E-state index is 13.8.